The van der Waals surface area contributed by atoms with Crippen LogP contribution in [0.1, 0.15) is 47.0 Å². The molecule has 0 aromatic rings. The summed E-state index contributed by atoms with van der Waals surface area (Å²) in [7, 11) is 1.35. The van der Waals surface area contributed by atoms with Crippen molar-refractivity contribution in [3.63, 3.8) is 0 Å². The smallest absolute Gasteiger partial charge is 0.223 e. The van der Waals surface area contributed by atoms with Crippen molar-refractivity contribution >= 4 is 5.91 Å². The number of hydrogen-bond donors (Lipinski definition) is 5. The fourth-order valence-electron chi connectivity index (χ4n) is 4.09. The van der Waals surface area contributed by atoms with Crippen molar-refractivity contribution in [2.75, 3.05) is 13.7 Å². The quantitative estimate of drug-likeness (QED) is 0.190. The van der Waals surface area contributed by atoms with E-state index in [1.165, 1.54) is 21.0 Å². The van der Waals surface area contributed by atoms with Crippen molar-refractivity contribution in [1.29, 1.82) is 0 Å². The van der Waals surface area contributed by atoms with Gasteiger partial charge in [0.15, 0.2) is 12.6 Å². The number of amides is 1. The molecule has 0 radical (unpaired) electrons. The van der Waals surface area contributed by atoms with Crippen LogP contribution in [0.5, 0.6) is 0 Å². The van der Waals surface area contributed by atoms with Crippen LogP contribution in [-0.2, 0) is 28.5 Å². The maximum atomic E-state index is 12.3. The summed E-state index contributed by atoms with van der Waals surface area (Å²) >= 11 is 0. The lowest BCUT2D eigenvalue weighted by Gasteiger charge is -2.47. The van der Waals surface area contributed by atoms with Crippen molar-refractivity contribution in [2.45, 2.75) is 114 Å². The number of aliphatic hydroxyl groups is 4. The molecule has 34 heavy (non-hydrogen) atoms. The molecule has 198 valence electrons. The van der Waals surface area contributed by atoms with Gasteiger partial charge in [-0.05, 0) is 40.5 Å². The van der Waals surface area contributed by atoms with E-state index in [-0.39, 0.29) is 6.42 Å². The summed E-state index contributed by atoms with van der Waals surface area (Å²) in [6, 6.07) is -0.830. The predicted octanol–water partition coefficient (Wildman–Crippen LogP) is -0.412. The number of unbranched alkanes of at least 4 members (excludes halogenated alkanes) is 1. The van der Waals surface area contributed by atoms with Gasteiger partial charge in [-0.3, -0.25) is 4.79 Å². The largest absolute Gasteiger partial charge is 0.390 e. The van der Waals surface area contributed by atoms with Crippen LogP contribution in [0, 0.1) is 0 Å². The summed E-state index contributed by atoms with van der Waals surface area (Å²) in [5.41, 5.74) is -1.21. The van der Waals surface area contributed by atoms with E-state index in [0.29, 0.717) is 13.0 Å². The second kappa shape index (κ2) is 12.7. The highest BCUT2D eigenvalue weighted by Crippen LogP contribution is 2.30. The summed E-state index contributed by atoms with van der Waals surface area (Å²) in [5, 5.41) is 44.8. The minimum atomic E-state index is -1.33. The Hall–Kier alpha value is -1.15. The molecule has 0 spiro atoms. The van der Waals surface area contributed by atoms with Gasteiger partial charge in [0.2, 0.25) is 5.91 Å². The highest BCUT2D eigenvalue weighted by Gasteiger charge is 2.50. The molecule has 2 heterocycles. The first kappa shape index (κ1) is 29.1. The topological polar surface area (TPSA) is 156 Å². The Labute approximate surface area is 201 Å². The number of methoxy groups -OCH3 is 1. The van der Waals surface area contributed by atoms with Crippen molar-refractivity contribution in [3.05, 3.63) is 12.7 Å². The van der Waals surface area contributed by atoms with Crippen molar-refractivity contribution < 1.29 is 48.9 Å². The summed E-state index contributed by atoms with van der Waals surface area (Å²) in [6.07, 6.45) is -6.44. The SMILES string of the molecule is C=CCCCO[C@@H]1O[C@@H](C)[C@H](O)[C@@H](O[C@@H]2O[C@H](C)[C@@H](NC(=O)CC(C)(C)O)[C@H](O)[C@H]2OC)[C@H]1O. The van der Waals surface area contributed by atoms with Crippen LogP contribution in [0.2, 0.25) is 0 Å². The molecule has 0 aromatic heterocycles. The Morgan fingerprint density at radius 1 is 1.06 bits per heavy atom. The van der Waals surface area contributed by atoms with Gasteiger partial charge >= 0.3 is 0 Å². The molecule has 0 saturated carbocycles. The average molecular weight is 492 g/mol. The zero-order chi connectivity index (χ0) is 25.6. The van der Waals surface area contributed by atoms with Crippen LogP contribution in [0.4, 0.5) is 0 Å². The number of aliphatic hydroxyl groups excluding tert-OH is 3. The van der Waals surface area contributed by atoms with E-state index in [4.69, 9.17) is 23.7 Å². The summed E-state index contributed by atoms with van der Waals surface area (Å²) in [4.78, 5) is 12.3. The third-order valence-corrected chi connectivity index (χ3v) is 5.93. The van der Waals surface area contributed by atoms with Crippen molar-refractivity contribution in [2.24, 2.45) is 0 Å². The molecule has 2 rings (SSSR count). The average Bonchev–Trinajstić information content (AvgIpc) is 2.73. The fourth-order valence-corrected chi connectivity index (χ4v) is 4.09. The Morgan fingerprint density at radius 3 is 2.29 bits per heavy atom. The fraction of sp³-hybridized carbons (Fsp3) is 0.870. The van der Waals surface area contributed by atoms with E-state index >= 15 is 0 Å². The Balaban J connectivity index is 2.08. The number of ether oxygens (including phenoxy) is 5. The minimum absolute atomic E-state index is 0.160. The van der Waals surface area contributed by atoms with Crippen molar-refractivity contribution in [1.82, 2.24) is 5.32 Å². The number of hydrogen-bond acceptors (Lipinski definition) is 10. The van der Waals surface area contributed by atoms with Crippen LogP contribution in [-0.4, -0.2) is 107 Å². The summed E-state index contributed by atoms with van der Waals surface area (Å²) in [6.45, 7) is 10.3. The lowest BCUT2D eigenvalue weighted by Crippen LogP contribution is -2.66. The van der Waals surface area contributed by atoms with Gasteiger partial charge in [0.25, 0.3) is 0 Å². The third kappa shape index (κ3) is 7.67. The monoisotopic (exact) mass is 491 g/mol. The molecule has 2 saturated heterocycles. The molecule has 10 atom stereocenters. The van der Waals surface area contributed by atoms with Gasteiger partial charge < -0.3 is 49.4 Å². The number of allylic oxidation sites excluding steroid dienone is 1. The van der Waals surface area contributed by atoms with Gasteiger partial charge in [0.1, 0.15) is 30.5 Å². The molecule has 2 aliphatic heterocycles. The van der Waals surface area contributed by atoms with Gasteiger partial charge in [-0.2, -0.15) is 0 Å². The summed E-state index contributed by atoms with van der Waals surface area (Å²) in [5.74, 6) is -0.457. The van der Waals surface area contributed by atoms with E-state index < -0.39 is 72.9 Å². The molecule has 5 N–H and O–H groups in total. The normalized spacial score (nSPS) is 39.0. The van der Waals surface area contributed by atoms with E-state index in [1.54, 1.807) is 19.9 Å². The Bertz CT molecular complexity index is 656. The third-order valence-electron chi connectivity index (χ3n) is 5.93. The number of carbonyl (C=O) groups excluding carboxylic acids is 1. The molecule has 2 fully saturated rings. The molecule has 0 unspecified atom stereocenters. The Morgan fingerprint density at radius 2 is 1.71 bits per heavy atom. The van der Waals surface area contributed by atoms with Gasteiger partial charge in [-0.15, -0.1) is 6.58 Å². The Kier molecular flexibility index (Phi) is 10.9. The zero-order valence-electron chi connectivity index (χ0n) is 20.6. The van der Waals surface area contributed by atoms with E-state index in [1.807, 2.05) is 0 Å². The van der Waals surface area contributed by atoms with Crippen LogP contribution in [0.15, 0.2) is 12.7 Å². The van der Waals surface area contributed by atoms with Gasteiger partial charge in [0, 0.05) is 7.11 Å². The molecule has 11 heteroatoms. The van der Waals surface area contributed by atoms with E-state index in [9.17, 15) is 25.2 Å². The molecule has 1 amide bonds. The minimum Gasteiger partial charge on any atom is -0.390 e. The molecule has 0 aliphatic carbocycles. The molecule has 11 nitrogen and oxygen atoms in total. The number of nitrogens with one attached hydrogen (secondary N) is 1. The summed E-state index contributed by atoms with van der Waals surface area (Å²) < 4.78 is 28.4. The highest BCUT2D eigenvalue weighted by molar-refractivity contribution is 5.77. The molecular weight excluding hydrogens is 450 g/mol. The van der Waals surface area contributed by atoms with Crippen LogP contribution >= 0.6 is 0 Å². The lowest BCUT2D eigenvalue weighted by atomic mass is 9.95. The maximum absolute atomic E-state index is 12.3. The molecular formula is C23H41NO10. The second-order valence-corrected chi connectivity index (χ2v) is 9.58. The van der Waals surface area contributed by atoms with Crippen LogP contribution < -0.4 is 5.32 Å². The highest BCUT2D eigenvalue weighted by atomic mass is 16.7. The second-order valence-electron chi connectivity index (χ2n) is 9.58. The molecule has 0 bridgehead atoms. The van der Waals surface area contributed by atoms with Gasteiger partial charge in [-0.25, -0.2) is 0 Å². The first-order valence-electron chi connectivity index (χ1n) is 11.7. The molecule has 0 aromatic carbocycles. The van der Waals surface area contributed by atoms with E-state index in [0.717, 1.165) is 6.42 Å². The number of rotatable bonds is 11. The predicted molar refractivity (Wildman–Crippen MR) is 121 cm³/mol. The molecule has 2 aliphatic rings. The van der Waals surface area contributed by atoms with Crippen LogP contribution in [0.25, 0.3) is 0 Å². The van der Waals surface area contributed by atoms with E-state index in [2.05, 4.69) is 11.9 Å². The van der Waals surface area contributed by atoms with Crippen molar-refractivity contribution in [3.8, 4) is 0 Å². The van der Waals surface area contributed by atoms with Crippen LogP contribution in [0.3, 0.4) is 0 Å². The first-order valence-corrected chi connectivity index (χ1v) is 11.7. The van der Waals surface area contributed by atoms with Gasteiger partial charge in [0.05, 0.1) is 36.9 Å². The maximum Gasteiger partial charge on any atom is 0.223 e. The standard InChI is InChI=1S/C23H41NO10/c1-7-8-9-10-31-21-18(28)19(16(26)13(3)33-21)34-22-20(30-6)17(27)15(12(2)32-22)24-14(25)11-23(4,5)29/h7,12-13,15-22,26-29H,1,8-11H2,2-6H3,(H,24,25)/t12-,13+,15-,16+,17+,18-,19-,20-,21-,22+/m1/s1. The first-order chi connectivity index (χ1) is 15.9. The van der Waals surface area contributed by atoms with Gasteiger partial charge in [-0.1, -0.05) is 6.08 Å². The number of carbonyl (C=O) groups is 1. The zero-order valence-corrected chi connectivity index (χ0v) is 20.6. The lowest BCUT2D eigenvalue weighted by molar-refractivity contribution is -0.349.